The first-order valence-electron chi connectivity index (χ1n) is 18.2. The second-order valence-electron chi connectivity index (χ2n) is 15.5. The van der Waals surface area contributed by atoms with E-state index in [1.54, 1.807) is 0 Å². The zero-order valence-corrected chi connectivity index (χ0v) is 29.3. The first-order chi connectivity index (χ1) is 24.3. The first kappa shape index (κ1) is 29.5. The van der Waals surface area contributed by atoms with Gasteiger partial charge in [0, 0.05) is 21.9 Å². The van der Waals surface area contributed by atoms with Gasteiger partial charge in [-0.15, -0.1) is 0 Å². The molecule has 1 aromatic heterocycles. The number of para-hydroxylation sites is 1. The van der Waals surface area contributed by atoms with Crippen LogP contribution in [0.15, 0.2) is 150 Å². The number of hydrogen-bond donors (Lipinski definition) is 0. The van der Waals surface area contributed by atoms with E-state index >= 15 is 0 Å². The number of hydrogen-bond acceptors (Lipinski definition) is 0. The molecule has 10 rings (SSSR count). The molecule has 0 bridgehead atoms. The van der Waals surface area contributed by atoms with Crippen LogP contribution >= 0.6 is 0 Å². The monoisotopic (exact) mass is 643 g/mol. The highest BCUT2D eigenvalue weighted by atomic mass is 15.0. The third-order valence-corrected chi connectivity index (χ3v) is 12.1. The van der Waals surface area contributed by atoms with Crippen molar-refractivity contribution in [3.05, 3.63) is 184 Å². The molecule has 0 atom stereocenters. The van der Waals surface area contributed by atoms with Crippen LogP contribution in [-0.2, 0) is 17.3 Å². The molecule has 0 saturated carbocycles. The topological polar surface area (TPSA) is 4.93 Å². The predicted molar refractivity (Wildman–Crippen MR) is 212 cm³/mol. The van der Waals surface area contributed by atoms with Crippen molar-refractivity contribution in [2.45, 2.75) is 57.8 Å². The van der Waals surface area contributed by atoms with Crippen LogP contribution in [-0.4, -0.2) is 4.57 Å². The van der Waals surface area contributed by atoms with Crippen LogP contribution in [0, 0.1) is 0 Å². The van der Waals surface area contributed by atoms with Gasteiger partial charge in [0.2, 0.25) is 0 Å². The summed E-state index contributed by atoms with van der Waals surface area (Å²) in [6.07, 6.45) is 26.0. The Bertz CT molecular complexity index is 2520. The number of aromatic nitrogens is 1. The molecule has 0 amide bonds. The van der Waals surface area contributed by atoms with Gasteiger partial charge in [-0.05, 0) is 128 Å². The lowest BCUT2D eigenvalue weighted by molar-refractivity contribution is 0.620. The van der Waals surface area contributed by atoms with Crippen molar-refractivity contribution in [2.24, 2.45) is 0 Å². The minimum atomic E-state index is -0.114. The molecule has 1 heterocycles. The fourth-order valence-corrected chi connectivity index (χ4v) is 9.60. The maximum absolute atomic E-state index is 2.57. The summed E-state index contributed by atoms with van der Waals surface area (Å²) in [5, 5.41) is 1.33. The minimum Gasteiger partial charge on any atom is -0.310 e. The van der Waals surface area contributed by atoms with E-state index in [0.29, 0.717) is 0 Å². The first-order valence-corrected chi connectivity index (χ1v) is 18.2. The third kappa shape index (κ3) is 4.01. The lowest BCUT2D eigenvalue weighted by atomic mass is 9.64. The quantitative estimate of drug-likeness (QED) is 0.180. The number of rotatable bonds is 2. The van der Waals surface area contributed by atoms with Crippen LogP contribution < -0.4 is 0 Å². The lowest BCUT2D eigenvalue weighted by Gasteiger charge is -2.39. The highest BCUT2D eigenvalue weighted by Gasteiger charge is 2.43. The molecule has 5 aromatic rings. The molecule has 5 aliphatic carbocycles. The van der Waals surface area contributed by atoms with Gasteiger partial charge in [0.1, 0.15) is 0 Å². The molecule has 0 radical (unpaired) electrons. The molecule has 0 saturated heterocycles. The number of allylic oxidation sites excluding steroid dienone is 13. The average molecular weight is 644 g/mol. The Morgan fingerprint density at radius 3 is 2.28 bits per heavy atom. The van der Waals surface area contributed by atoms with Crippen molar-refractivity contribution < 1.29 is 0 Å². The van der Waals surface area contributed by atoms with Crippen molar-refractivity contribution in [1.82, 2.24) is 4.57 Å². The van der Waals surface area contributed by atoms with Gasteiger partial charge >= 0.3 is 0 Å². The Kier molecular flexibility index (Phi) is 6.23. The van der Waals surface area contributed by atoms with E-state index in [0.717, 1.165) is 19.3 Å². The van der Waals surface area contributed by atoms with E-state index in [-0.39, 0.29) is 10.8 Å². The van der Waals surface area contributed by atoms with Gasteiger partial charge in [-0.3, -0.25) is 0 Å². The lowest BCUT2D eigenvalue weighted by Crippen LogP contribution is -2.28. The van der Waals surface area contributed by atoms with Gasteiger partial charge in [0.05, 0.1) is 11.2 Å². The van der Waals surface area contributed by atoms with Crippen molar-refractivity contribution in [2.75, 3.05) is 0 Å². The van der Waals surface area contributed by atoms with Gasteiger partial charge in [-0.1, -0.05) is 131 Å². The van der Waals surface area contributed by atoms with Crippen LogP contribution in [0.25, 0.3) is 50.5 Å². The van der Waals surface area contributed by atoms with Gasteiger partial charge in [0.25, 0.3) is 0 Å². The van der Waals surface area contributed by atoms with Crippen LogP contribution in [0.3, 0.4) is 0 Å². The molecular weight excluding hydrogens is 603 g/mol. The minimum absolute atomic E-state index is 0.112. The summed E-state index contributed by atoms with van der Waals surface area (Å²) in [6.45, 7) is 9.71. The Balaban J connectivity index is 1.15. The van der Waals surface area contributed by atoms with Crippen molar-refractivity contribution in [3.8, 4) is 27.9 Å². The highest BCUT2D eigenvalue weighted by Crippen LogP contribution is 2.57. The molecule has 4 aromatic carbocycles. The summed E-state index contributed by atoms with van der Waals surface area (Å²) >= 11 is 0. The number of benzene rings is 4. The molecule has 1 nitrogen and oxygen atoms in total. The molecule has 0 spiro atoms. The smallest absolute Gasteiger partial charge is 0.0537 e. The van der Waals surface area contributed by atoms with Crippen molar-refractivity contribution >= 4 is 22.6 Å². The molecule has 5 aliphatic rings. The molecule has 0 aliphatic heterocycles. The highest BCUT2D eigenvalue weighted by molar-refractivity contribution is 5.98. The van der Waals surface area contributed by atoms with Gasteiger partial charge < -0.3 is 4.57 Å². The average Bonchev–Trinajstić information content (AvgIpc) is 3.33. The molecular formula is C49H41N. The standard InChI is InChI=1S/C49H41N/c1-48(2)40-21-12-9-16-32-15-8-10-19-37(46(32)40)38-29-43-39(30-42(38)48)47-34(20-14-22-41(47)49(43,3)4)31-25-27-33(28-26-31)50-44-23-7-5-6-17-35(44)36-18-11-13-24-45(36)50/h5-7,9-11,13-16,18-30H,8,12,17H2,1-4H3. The van der Waals surface area contributed by atoms with Gasteiger partial charge in [-0.2, -0.15) is 0 Å². The second kappa shape index (κ2) is 10.6. The third-order valence-electron chi connectivity index (χ3n) is 12.1. The van der Waals surface area contributed by atoms with E-state index in [4.69, 9.17) is 0 Å². The van der Waals surface area contributed by atoms with Gasteiger partial charge in [0.15, 0.2) is 0 Å². The zero-order chi connectivity index (χ0) is 33.8. The summed E-state index contributed by atoms with van der Waals surface area (Å²) in [7, 11) is 0. The number of fused-ring (bicyclic) bond motifs is 8. The molecule has 50 heavy (non-hydrogen) atoms. The van der Waals surface area contributed by atoms with Gasteiger partial charge in [-0.25, -0.2) is 0 Å². The molecule has 0 fully saturated rings. The zero-order valence-electron chi connectivity index (χ0n) is 29.3. The largest absolute Gasteiger partial charge is 0.310 e. The maximum Gasteiger partial charge on any atom is 0.0537 e. The van der Waals surface area contributed by atoms with E-state index in [9.17, 15) is 0 Å². The van der Waals surface area contributed by atoms with Crippen molar-refractivity contribution in [3.63, 3.8) is 0 Å². The number of nitrogens with zero attached hydrogens (tertiary/aromatic N) is 1. The summed E-state index contributed by atoms with van der Waals surface area (Å²) in [5.41, 5.74) is 21.6. The Morgan fingerprint density at radius 1 is 0.620 bits per heavy atom. The van der Waals surface area contributed by atoms with Crippen LogP contribution in [0.4, 0.5) is 0 Å². The summed E-state index contributed by atoms with van der Waals surface area (Å²) < 4.78 is 2.43. The van der Waals surface area contributed by atoms with E-state index in [1.807, 2.05) is 0 Å². The van der Waals surface area contributed by atoms with Crippen molar-refractivity contribution in [1.29, 1.82) is 0 Å². The van der Waals surface area contributed by atoms with Crippen LogP contribution in [0.1, 0.15) is 74.0 Å². The summed E-state index contributed by atoms with van der Waals surface area (Å²) in [5.74, 6) is 0. The molecule has 0 N–H and O–H groups in total. The van der Waals surface area contributed by atoms with Crippen LogP contribution in [0.5, 0.6) is 0 Å². The van der Waals surface area contributed by atoms with E-state index in [1.165, 1.54) is 94.6 Å². The summed E-state index contributed by atoms with van der Waals surface area (Å²) in [4.78, 5) is 0. The van der Waals surface area contributed by atoms with Crippen LogP contribution in [0.2, 0.25) is 0 Å². The Labute approximate surface area is 295 Å². The molecule has 1 heteroatoms. The molecule has 0 unspecified atom stereocenters. The molecule has 242 valence electrons. The predicted octanol–water partition coefficient (Wildman–Crippen LogP) is 12.5. The van der Waals surface area contributed by atoms with E-state index in [2.05, 4.69) is 172 Å². The fraction of sp³-hybridized carbons (Fsp3) is 0.184. The SMILES string of the molecule is CC1(C)C2=CCC=CC3=CCC=CC(=C32)c2cc3c(cc21)-c1c(-c2ccc(-n4c5c(c6ccccc64)CC=CC=C5)cc2)cccc1C3(C)C. The fourth-order valence-electron chi connectivity index (χ4n) is 9.60. The second-order valence-corrected chi connectivity index (χ2v) is 15.5. The normalized spacial score (nSPS) is 18.7. The summed E-state index contributed by atoms with van der Waals surface area (Å²) in [6, 6.07) is 30.2. The Hall–Kier alpha value is -5.40. The Morgan fingerprint density at radius 2 is 1.40 bits per heavy atom. The van der Waals surface area contributed by atoms with E-state index < -0.39 is 0 Å². The maximum atomic E-state index is 2.57.